The summed E-state index contributed by atoms with van der Waals surface area (Å²) in [6.45, 7) is 0. The monoisotopic (exact) mass is 652 g/mol. The highest BCUT2D eigenvalue weighted by atomic mass is 16.3. The fraction of sp³-hybridized carbons (Fsp3) is 0.0417. The van der Waals surface area contributed by atoms with Gasteiger partial charge in [-0.15, -0.1) is 0 Å². The van der Waals surface area contributed by atoms with Gasteiger partial charge in [-0.3, -0.25) is 0 Å². The predicted molar refractivity (Wildman–Crippen MR) is 213 cm³/mol. The van der Waals surface area contributed by atoms with Gasteiger partial charge in [-0.05, 0) is 94.9 Å². The van der Waals surface area contributed by atoms with Crippen LogP contribution in [-0.4, -0.2) is 10.6 Å². The lowest BCUT2D eigenvalue weighted by molar-refractivity contribution is 0.668. The number of fused-ring (bicyclic) bond motifs is 9. The zero-order valence-electron chi connectivity index (χ0n) is 27.8. The Morgan fingerprint density at radius 2 is 1.24 bits per heavy atom. The molecular weight excluding hydrogens is 621 g/mol. The quantitative estimate of drug-likeness (QED) is 0.189. The number of furan rings is 1. The van der Waals surface area contributed by atoms with Crippen molar-refractivity contribution in [2.24, 2.45) is 0 Å². The van der Waals surface area contributed by atoms with Crippen molar-refractivity contribution < 1.29 is 4.42 Å². The molecule has 0 saturated carbocycles. The molecule has 51 heavy (non-hydrogen) atoms. The van der Waals surface area contributed by atoms with Crippen molar-refractivity contribution in [1.29, 1.82) is 0 Å². The lowest BCUT2D eigenvalue weighted by atomic mass is 9.93. The SMILES string of the molecule is C1=CCC2C(=C1)c1cc(-c3ccc4c(c3)c3ccccc3n4-c3cccc(-c4ccccc4)c3)ccc1N2c1ccc2c(c1)oc1ccccc12. The molecule has 9 aromatic rings. The number of rotatable bonds is 4. The molecule has 0 fully saturated rings. The summed E-state index contributed by atoms with van der Waals surface area (Å²) in [5, 5.41) is 4.83. The summed E-state index contributed by atoms with van der Waals surface area (Å²) in [6.07, 6.45) is 7.76. The number of hydrogen-bond donors (Lipinski definition) is 0. The molecule has 0 saturated heterocycles. The van der Waals surface area contributed by atoms with E-state index in [-0.39, 0.29) is 6.04 Å². The van der Waals surface area contributed by atoms with Crippen LogP contribution in [0.4, 0.5) is 11.4 Å². The highest BCUT2D eigenvalue weighted by Crippen LogP contribution is 2.49. The van der Waals surface area contributed by atoms with Crippen LogP contribution in [0.25, 0.3) is 77.3 Å². The van der Waals surface area contributed by atoms with E-state index in [1.54, 1.807) is 0 Å². The molecule has 2 aromatic heterocycles. The van der Waals surface area contributed by atoms with E-state index in [4.69, 9.17) is 4.42 Å². The maximum Gasteiger partial charge on any atom is 0.137 e. The van der Waals surface area contributed by atoms with E-state index in [2.05, 4.69) is 173 Å². The smallest absolute Gasteiger partial charge is 0.137 e. The van der Waals surface area contributed by atoms with E-state index in [0.717, 1.165) is 39.7 Å². The Morgan fingerprint density at radius 1 is 0.490 bits per heavy atom. The largest absolute Gasteiger partial charge is 0.456 e. The molecule has 1 atom stereocenters. The van der Waals surface area contributed by atoms with Gasteiger partial charge in [0.2, 0.25) is 0 Å². The molecule has 7 aromatic carbocycles. The standard InChI is InChI=1S/C48H32N2O/c1-2-11-31(12-3-1)32-13-10-14-35(27-32)49-43-18-7-4-15-37(43)41-28-33(21-25-45(41)49)34-22-26-46-42(29-34)38-16-5-8-19-44(38)50(46)36-23-24-40-39-17-6-9-20-47(39)51-48(40)30-36/h1-18,20-30,44H,19H2. The number of anilines is 2. The fourth-order valence-electron chi connectivity index (χ4n) is 8.53. The normalized spacial score (nSPS) is 15.2. The molecule has 3 heteroatoms. The van der Waals surface area contributed by atoms with E-state index in [0.29, 0.717) is 0 Å². The molecule has 1 aliphatic heterocycles. The lowest BCUT2D eigenvalue weighted by Gasteiger charge is -2.28. The third-order valence-corrected chi connectivity index (χ3v) is 10.9. The van der Waals surface area contributed by atoms with Crippen molar-refractivity contribution in [3.63, 3.8) is 0 Å². The average Bonchev–Trinajstić information content (AvgIpc) is 3.85. The molecule has 3 nitrogen and oxygen atoms in total. The third kappa shape index (κ3) is 4.31. The lowest BCUT2D eigenvalue weighted by Crippen LogP contribution is -2.26. The molecule has 0 N–H and O–H groups in total. The Kier molecular flexibility index (Phi) is 6.08. The van der Waals surface area contributed by atoms with E-state index in [1.807, 2.05) is 12.1 Å². The van der Waals surface area contributed by atoms with E-state index < -0.39 is 0 Å². The highest BCUT2D eigenvalue weighted by Gasteiger charge is 2.35. The summed E-state index contributed by atoms with van der Waals surface area (Å²) in [4.78, 5) is 2.50. The Balaban J connectivity index is 1.03. The van der Waals surface area contributed by atoms with Gasteiger partial charge in [0.25, 0.3) is 0 Å². The molecule has 240 valence electrons. The highest BCUT2D eigenvalue weighted by molar-refractivity contribution is 6.11. The zero-order chi connectivity index (χ0) is 33.5. The van der Waals surface area contributed by atoms with Crippen LogP contribution < -0.4 is 4.90 Å². The van der Waals surface area contributed by atoms with Crippen molar-refractivity contribution in [2.45, 2.75) is 12.5 Å². The molecule has 0 radical (unpaired) electrons. The Hall–Kier alpha value is -6.58. The number of hydrogen-bond acceptors (Lipinski definition) is 2. The van der Waals surface area contributed by atoms with E-state index in [9.17, 15) is 0 Å². The Morgan fingerprint density at radius 3 is 2.18 bits per heavy atom. The molecule has 0 bridgehead atoms. The number of allylic oxidation sites excluding steroid dienone is 2. The maximum absolute atomic E-state index is 6.32. The molecule has 2 aliphatic rings. The summed E-state index contributed by atoms with van der Waals surface area (Å²) in [5.41, 5.74) is 15.4. The first-order valence-corrected chi connectivity index (χ1v) is 17.7. The fourth-order valence-corrected chi connectivity index (χ4v) is 8.53. The van der Waals surface area contributed by atoms with Crippen LogP contribution >= 0.6 is 0 Å². The van der Waals surface area contributed by atoms with Gasteiger partial charge in [0.15, 0.2) is 0 Å². The van der Waals surface area contributed by atoms with Crippen molar-refractivity contribution in [2.75, 3.05) is 4.90 Å². The zero-order valence-corrected chi connectivity index (χ0v) is 27.8. The van der Waals surface area contributed by atoms with Crippen LogP contribution in [0.2, 0.25) is 0 Å². The number of para-hydroxylation sites is 2. The molecule has 1 unspecified atom stereocenters. The summed E-state index contributed by atoms with van der Waals surface area (Å²) in [7, 11) is 0. The summed E-state index contributed by atoms with van der Waals surface area (Å²) >= 11 is 0. The van der Waals surface area contributed by atoms with E-state index >= 15 is 0 Å². The van der Waals surface area contributed by atoms with E-state index in [1.165, 1.54) is 60.9 Å². The second-order valence-electron chi connectivity index (χ2n) is 13.7. The second-order valence-corrected chi connectivity index (χ2v) is 13.7. The van der Waals surface area contributed by atoms with Gasteiger partial charge < -0.3 is 13.9 Å². The van der Waals surface area contributed by atoms with Crippen LogP contribution in [0.3, 0.4) is 0 Å². The molecule has 0 spiro atoms. The Labute approximate surface area is 295 Å². The Bertz CT molecular complexity index is 2900. The maximum atomic E-state index is 6.32. The van der Waals surface area contributed by atoms with Gasteiger partial charge in [-0.25, -0.2) is 0 Å². The molecule has 11 rings (SSSR count). The minimum Gasteiger partial charge on any atom is -0.456 e. The second kappa shape index (κ2) is 11.0. The van der Waals surface area contributed by atoms with Gasteiger partial charge in [-0.2, -0.15) is 0 Å². The first-order valence-electron chi connectivity index (χ1n) is 17.7. The molecule has 3 heterocycles. The number of benzene rings is 7. The van der Waals surface area contributed by atoms with Crippen LogP contribution in [0, 0.1) is 0 Å². The molecule has 0 amide bonds. The van der Waals surface area contributed by atoms with Crippen molar-refractivity contribution in [3.8, 4) is 27.9 Å². The predicted octanol–water partition coefficient (Wildman–Crippen LogP) is 12.9. The first-order chi connectivity index (χ1) is 25.3. The molecule has 1 aliphatic carbocycles. The van der Waals surface area contributed by atoms with Gasteiger partial charge in [0, 0.05) is 50.2 Å². The van der Waals surface area contributed by atoms with Crippen LogP contribution in [0.15, 0.2) is 180 Å². The minimum atomic E-state index is 0.245. The molecular formula is C48H32N2O. The van der Waals surface area contributed by atoms with Gasteiger partial charge in [0.05, 0.1) is 17.1 Å². The van der Waals surface area contributed by atoms with Crippen LogP contribution in [0.5, 0.6) is 0 Å². The third-order valence-electron chi connectivity index (χ3n) is 10.9. The average molecular weight is 653 g/mol. The van der Waals surface area contributed by atoms with Crippen LogP contribution in [0.1, 0.15) is 12.0 Å². The van der Waals surface area contributed by atoms with Gasteiger partial charge in [-0.1, -0.05) is 109 Å². The van der Waals surface area contributed by atoms with Gasteiger partial charge in [0.1, 0.15) is 11.2 Å². The van der Waals surface area contributed by atoms with Gasteiger partial charge >= 0.3 is 0 Å². The van der Waals surface area contributed by atoms with Crippen LogP contribution in [-0.2, 0) is 0 Å². The number of nitrogens with zero attached hydrogens (tertiary/aromatic N) is 2. The summed E-state index contributed by atoms with van der Waals surface area (Å²) in [5.74, 6) is 0. The first kappa shape index (κ1) is 28.3. The minimum absolute atomic E-state index is 0.245. The van der Waals surface area contributed by atoms with Crippen molar-refractivity contribution in [1.82, 2.24) is 4.57 Å². The summed E-state index contributed by atoms with van der Waals surface area (Å²) in [6, 6.07) is 57.5. The topological polar surface area (TPSA) is 21.3 Å². The summed E-state index contributed by atoms with van der Waals surface area (Å²) < 4.78 is 8.73. The van der Waals surface area contributed by atoms with Crippen molar-refractivity contribution in [3.05, 3.63) is 182 Å². The van der Waals surface area contributed by atoms with Crippen molar-refractivity contribution >= 4 is 60.7 Å². The number of aromatic nitrogens is 1.